The smallest absolute Gasteiger partial charge is 0.462 e. The number of esters is 2. The van der Waals surface area contributed by atoms with Crippen molar-refractivity contribution in [2.24, 2.45) is 0 Å². The van der Waals surface area contributed by atoms with Crippen LogP contribution in [0.5, 0.6) is 0 Å². The van der Waals surface area contributed by atoms with E-state index in [1.165, 1.54) is 64.2 Å². The molecule has 0 amide bonds. The highest BCUT2D eigenvalue weighted by molar-refractivity contribution is 7.47. The lowest BCUT2D eigenvalue weighted by Crippen LogP contribution is -2.64. The maximum absolute atomic E-state index is 12.7. The van der Waals surface area contributed by atoms with Crippen LogP contribution in [-0.2, 0) is 32.7 Å². The summed E-state index contributed by atoms with van der Waals surface area (Å²) in [5, 5.41) is 49.9. The van der Waals surface area contributed by atoms with E-state index >= 15 is 0 Å². The number of aliphatic hydroxyl groups excluding tert-OH is 5. The number of phosphoric acid groups is 1. The number of unbranched alkanes of at least 4 members (excludes halogenated alkanes) is 18. The number of carbonyl (C=O) groups excluding carboxylic acids is 2. The van der Waals surface area contributed by atoms with Crippen LogP contribution in [0.3, 0.4) is 0 Å². The molecule has 13 nitrogen and oxygen atoms in total. The molecule has 0 heterocycles. The zero-order valence-corrected chi connectivity index (χ0v) is 32.8. The first-order valence-electron chi connectivity index (χ1n) is 20.0. The minimum Gasteiger partial charge on any atom is -0.462 e. The van der Waals surface area contributed by atoms with Gasteiger partial charge in [-0.15, -0.1) is 0 Å². The minimum atomic E-state index is -5.10. The van der Waals surface area contributed by atoms with Gasteiger partial charge in [-0.3, -0.25) is 18.6 Å². The van der Waals surface area contributed by atoms with Crippen LogP contribution >= 0.6 is 7.82 Å². The average molecular weight is 767 g/mol. The molecule has 14 heteroatoms. The summed E-state index contributed by atoms with van der Waals surface area (Å²) in [6, 6.07) is 0. The topological polar surface area (TPSA) is 210 Å². The molecular weight excluding hydrogens is 695 g/mol. The number of rotatable bonds is 32. The summed E-state index contributed by atoms with van der Waals surface area (Å²) in [5.41, 5.74) is 0. The van der Waals surface area contributed by atoms with Gasteiger partial charge in [0.2, 0.25) is 0 Å². The Morgan fingerprint density at radius 1 is 0.577 bits per heavy atom. The zero-order chi connectivity index (χ0) is 38.6. The van der Waals surface area contributed by atoms with E-state index in [1.54, 1.807) is 0 Å². The third kappa shape index (κ3) is 22.7. The van der Waals surface area contributed by atoms with Crippen LogP contribution in [0.15, 0.2) is 12.2 Å². The Bertz CT molecular complexity index is 980. The predicted molar refractivity (Wildman–Crippen MR) is 198 cm³/mol. The van der Waals surface area contributed by atoms with Crippen molar-refractivity contribution in [1.82, 2.24) is 0 Å². The second kappa shape index (κ2) is 29.9. The van der Waals surface area contributed by atoms with E-state index in [-0.39, 0.29) is 12.8 Å². The van der Waals surface area contributed by atoms with E-state index in [0.717, 1.165) is 57.8 Å². The third-order valence-electron chi connectivity index (χ3n) is 9.36. The molecule has 0 radical (unpaired) electrons. The second-order valence-corrected chi connectivity index (χ2v) is 15.5. The quantitative estimate of drug-likeness (QED) is 0.0192. The Hall–Kier alpha value is -1.41. The highest BCUT2D eigenvalue weighted by Crippen LogP contribution is 2.47. The van der Waals surface area contributed by atoms with Gasteiger partial charge in [0.15, 0.2) is 6.10 Å². The molecule has 1 aliphatic rings. The summed E-state index contributed by atoms with van der Waals surface area (Å²) < 4.78 is 33.3. The van der Waals surface area contributed by atoms with Gasteiger partial charge in [-0.2, -0.15) is 0 Å². The van der Waals surface area contributed by atoms with Crippen molar-refractivity contribution in [2.75, 3.05) is 13.2 Å². The van der Waals surface area contributed by atoms with Gasteiger partial charge in [0.05, 0.1) is 6.61 Å². The fourth-order valence-corrected chi connectivity index (χ4v) is 7.02. The van der Waals surface area contributed by atoms with Crippen LogP contribution < -0.4 is 0 Å². The molecule has 0 saturated heterocycles. The van der Waals surface area contributed by atoms with Crippen molar-refractivity contribution >= 4 is 19.8 Å². The Labute approximate surface area is 312 Å². The first-order valence-corrected chi connectivity index (χ1v) is 21.5. The van der Waals surface area contributed by atoms with E-state index in [9.17, 15) is 44.6 Å². The standard InChI is InChI=1S/C38H71O13P/c1-3-5-7-9-11-13-14-15-16-17-19-21-23-25-27-32(40)50-30(28-48-31(39)26-24-22-20-18-12-10-8-6-4-2)29-49-52(46,47)51-38-36(44)34(42)33(41)35(43)37(38)45/h14-15,30,33-38,41-45H,3-13,16-29H2,1-2H3,(H,46,47)/b15-14-/t30-,33?,34-,35?,36?,37?,38?/m1/s1. The van der Waals surface area contributed by atoms with Gasteiger partial charge in [-0.05, 0) is 38.5 Å². The number of aliphatic hydroxyl groups is 5. The predicted octanol–water partition coefficient (Wildman–Crippen LogP) is 6.33. The maximum Gasteiger partial charge on any atom is 0.472 e. The molecule has 1 aliphatic carbocycles. The lowest BCUT2D eigenvalue weighted by Gasteiger charge is -2.41. The van der Waals surface area contributed by atoms with Gasteiger partial charge in [-0.1, -0.05) is 122 Å². The Kier molecular flexibility index (Phi) is 27.9. The SMILES string of the molecule is CCCCCCC/C=C\CCCCCCCC(=O)O[C@H](COC(=O)CCCCCCCCCCC)COP(=O)(O)OC1C(O)C(O)C(O)[C@@H](O)C1O. The molecule has 6 unspecified atom stereocenters. The molecule has 1 rings (SSSR count). The zero-order valence-electron chi connectivity index (χ0n) is 31.9. The Morgan fingerprint density at radius 2 is 0.981 bits per heavy atom. The molecule has 8 atom stereocenters. The molecule has 52 heavy (non-hydrogen) atoms. The maximum atomic E-state index is 12.7. The highest BCUT2D eigenvalue weighted by Gasteiger charge is 2.51. The van der Waals surface area contributed by atoms with Gasteiger partial charge in [-0.25, -0.2) is 4.57 Å². The van der Waals surface area contributed by atoms with E-state index in [1.807, 2.05) is 0 Å². The summed E-state index contributed by atoms with van der Waals surface area (Å²) in [6.07, 6.45) is 14.4. The molecule has 1 fully saturated rings. The van der Waals surface area contributed by atoms with Gasteiger partial charge >= 0.3 is 19.8 Å². The van der Waals surface area contributed by atoms with E-state index in [2.05, 4.69) is 26.0 Å². The van der Waals surface area contributed by atoms with Crippen molar-refractivity contribution < 1.29 is 63.1 Å². The number of ether oxygens (including phenoxy) is 2. The van der Waals surface area contributed by atoms with Crippen molar-refractivity contribution in [2.45, 2.75) is 204 Å². The number of hydrogen-bond acceptors (Lipinski definition) is 12. The fraction of sp³-hybridized carbons (Fsp3) is 0.895. The molecule has 0 aromatic carbocycles. The monoisotopic (exact) mass is 766 g/mol. The molecule has 306 valence electrons. The van der Waals surface area contributed by atoms with Gasteiger partial charge < -0.3 is 39.9 Å². The number of hydrogen-bond donors (Lipinski definition) is 6. The van der Waals surface area contributed by atoms with Crippen molar-refractivity contribution in [3.63, 3.8) is 0 Å². The lowest BCUT2D eigenvalue weighted by molar-refractivity contribution is -0.220. The third-order valence-corrected chi connectivity index (χ3v) is 10.3. The van der Waals surface area contributed by atoms with Gasteiger partial charge in [0.1, 0.15) is 43.2 Å². The lowest BCUT2D eigenvalue weighted by atomic mass is 9.85. The Morgan fingerprint density at radius 3 is 1.46 bits per heavy atom. The summed E-state index contributed by atoms with van der Waals surface area (Å²) >= 11 is 0. The highest BCUT2D eigenvalue weighted by atomic mass is 31.2. The van der Waals surface area contributed by atoms with E-state index < -0.39 is 75.7 Å². The molecule has 0 aromatic rings. The summed E-state index contributed by atoms with van der Waals surface area (Å²) in [7, 11) is -5.10. The fourth-order valence-electron chi connectivity index (χ4n) is 6.05. The summed E-state index contributed by atoms with van der Waals surface area (Å²) in [6.45, 7) is 3.23. The molecule has 6 N–H and O–H groups in total. The number of allylic oxidation sites excluding steroid dienone is 2. The number of carbonyl (C=O) groups is 2. The van der Waals surface area contributed by atoms with Crippen molar-refractivity contribution in [3.05, 3.63) is 12.2 Å². The second-order valence-electron chi connectivity index (χ2n) is 14.1. The molecule has 1 saturated carbocycles. The largest absolute Gasteiger partial charge is 0.472 e. The van der Waals surface area contributed by atoms with Gasteiger partial charge in [0, 0.05) is 12.8 Å². The molecule has 0 bridgehead atoms. The first kappa shape index (κ1) is 48.6. The molecule has 0 aliphatic heterocycles. The van der Waals surface area contributed by atoms with Crippen LogP contribution in [0.2, 0.25) is 0 Å². The van der Waals surface area contributed by atoms with Crippen LogP contribution in [-0.4, -0.2) is 98.3 Å². The average Bonchev–Trinajstić information content (AvgIpc) is 3.12. The molecule has 0 aromatic heterocycles. The molecule has 0 spiro atoms. The van der Waals surface area contributed by atoms with Gasteiger partial charge in [0.25, 0.3) is 0 Å². The normalized spacial score (nSPS) is 23.8. The van der Waals surface area contributed by atoms with E-state index in [0.29, 0.717) is 12.8 Å². The van der Waals surface area contributed by atoms with Crippen molar-refractivity contribution in [1.29, 1.82) is 0 Å². The minimum absolute atomic E-state index is 0.0900. The summed E-state index contributed by atoms with van der Waals surface area (Å²) in [4.78, 5) is 35.4. The number of phosphoric ester groups is 1. The first-order chi connectivity index (χ1) is 24.9. The van der Waals surface area contributed by atoms with E-state index in [4.69, 9.17) is 18.5 Å². The Balaban J connectivity index is 2.53. The summed E-state index contributed by atoms with van der Waals surface area (Å²) in [5.74, 6) is -1.11. The van der Waals surface area contributed by atoms with Crippen LogP contribution in [0.25, 0.3) is 0 Å². The van der Waals surface area contributed by atoms with Crippen LogP contribution in [0.4, 0.5) is 0 Å². The van der Waals surface area contributed by atoms with Crippen LogP contribution in [0.1, 0.15) is 162 Å². The molecular formula is C38H71O13P. The van der Waals surface area contributed by atoms with Crippen LogP contribution in [0, 0.1) is 0 Å². The van der Waals surface area contributed by atoms with Crippen molar-refractivity contribution in [3.8, 4) is 0 Å².